The van der Waals surface area contributed by atoms with Crippen LogP contribution in [-0.2, 0) is 21.4 Å². The van der Waals surface area contributed by atoms with Crippen molar-refractivity contribution in [1.29, 1.82) is 0 Å². The molecule has 7 nitrogen and oxygen atoms in total. The molecule has 1 aliphatic rings. The molecular weight excluding hydrogens is 384 g/mol. The van der Waals surface area contributed by atoms with Crippen molar-refractivity contribution in [2.45, 2.75) is 13.5 Å². The van der Waals surface area contributed by atoms with Crippen LogP contribution in [0.1, 0.15) is 12.5 Å². The van der Waals surface area contributed by atoms with Crippen LogP contribution in [0.5, 0.6) is 0 Å². The molecule has 1 heterocycles. The van der Waals surface area contributed by atoms with Crippen LogP contribution in [0, 0.1) is 0 Å². The van der Waals surface area contributed by atoms with E-state index in [9.17, 15) is 8.42 Å². The molecule has 0 bridgehead atoms. The fourth-order valence-corrected chi connectivity index (χ4v) is 5.07. The molecule has 2 N–H and O–H groups in total. The minimum atomic E-state index is -3.20. The van der Waals surface area contributed by atoms with E-state index in [0.29, 0.717) is 51.9 Å². The van der Waals surface area contributed by atoms with Crippen molar-refractivity contribution in [3.05, 3.63) is 35.9 Å². The molecule has 1 aromatic carbocycles. The maximum atomic E-state index is 12.4. The average Bonchev–Trinajstić information content (AvgIpc) is 2.69. The highest BCUT2D eigenvalue weighted by Crippen LogP contribution is 2.12. The van der Waals surface area contributed by atoms with Gasteiger partial charge in [-0.3, -0.25) is 4.99 Å². The summed E-state index contributed by atoms with van der Waals surface area (Å²) in [5.74, 6) is 2.44. The smallest absolute Gasteiger partial charge is 0.215 e. The van der Waals surface area contributed by atoms with E-state index in [0.717, 1.165) is 17.1 Å². The van der Waals surface area contributed by atoms with Gasteiger partial charge >= 0.3 is 0 Å². The predicted octanol–water partition coefficient (Wildman–Crippen LogP) is 1.14. The number of guanidine groups is 1. The van der Waals surface area contributed by atoms with E-state index in [1.165, 1.54) is 0 Å². The molecule has 9 heteroatoms. The van der Waals surface area contributed by atoms with Crippen LogP contribution in [-0.4, -0.2) is 75.3 Å². The van der Waals surface area contributed by atoms with E-state index in [-0.39, 0.29) is 5.75 Å². The molecule has 1 aromatic rings. The fraction of sp³-hybridized carbons (Fsp3) is 0.611. The summed E-state index contributed by atoms with van der Waals surface area (Å²) in [6.07, 6.45) is 0. The Morgan fingerprint density at radius 3 is 2.67 bits per heavy atom. The third-order valence-electron chi connectivity index (χ3n) is 3.98. The number of hydrogen-bond donors (Lipinski definition) is 2. The van der Waals surface area contributed by atoms with Gasteiger partial charge in [-0.05, 0) is 12.5 Å². The molecule has 0 radical (unpaired) electrons. The Morgan fingerprint density at radius 1 is 1.22 bits per heavy atom. The SMILES string of the molecule is CCNC(=NCCOCc1ccccc1)NCCS(=O)(=O)N1CCSCC1. The Balaban J connectivity index is 1.69. The lowest BCUT2D eigenvalue weighted by Crippen LogP contribution is -2.44. The van der Waals surface area contributed by atoms with Gasteiger partial charge < -0.3 is 15.4 Å². The first kappa shape index (κ1) is 22.0. The highest BCUT2D eigenvalue weighted by atomic mass is 32.2. The van der Waals surface area contributed by atoms with E-state index >= 15 is 0 Å². The van der Waals surface area contributed by atoms with Gasteiger partial charge in [0.2, 0.25) is 10.0 Å². The van der Waals surface area contributed by atoms with Gasteiger partial charge in [-0.25, -0.2) is 12.7 Å². The summed E-state index contributed by atoms with van der Waals surface area (Å²) in [6.45, 7) is 5.83. The van der Waals surface area contributed by atoms with Crippen LogP contribution < -0.4 is 10.6 Å². The quantitative estimate of drug-likeness (QED) is 0.339. The molecule has 152 valence electrons. The summed E-state index contributed by atoms with van der Waals surface area (Å²) >= 11 is 1.80. The molecule has 27 heavy (non-hydrogen) atoms. The largest absolute Gasteiger partial charge is 0.375 e. The van der Waals surface area contributed by atoms with Gasteiger partial charge in [0.15, 0.2) is 5.96 Å². The molecule has 0 saturated carbocycles. The second kappa shape index (κ2) is 12.2. The van der Waals surface area contributed by atoms with E-state index in [1.807, 2.05) is 37.3 Å². The molecule has 0 spiro atoms. The molecule has 0 amide bonds. The van der Waals surface area contributed by atoms with Crippen molar-refractivity contribution >= 4 is 27.7 Å². The van der Waals surface area contributed by atoms with Crippen LogP contribution in [0.4, 0.5) is 0 Å². The number of sulfonamides is 1. The molecule has 1 aliphatic heterocycles. The average molecular weight is 415 g/mol. The van der Waals surface area contributed by atoms with Crippen molar-refractivity contribution in [1.82, 2.24) is 14.9 Å². The van der Waals surface area contributed by atoms with Gasteiger partial charge in [0.25, 0.3) is 0 Å². The molecule has 2 rings (SSSR count). The lowest BCUT2D eigenvalue weighted by atomic mass is 10.2. The number of hydrogen-bond acceptors (Lipinski definition) is 5. The topological polar surface area (TPSA) is 83.0 Å². The fourth-order valence-electron chi connectivity index (χ4n) is 2.58. The summed E-state index contributed by atoms with van der Waals surface area (Å²) < 4.78 is 31.9. The number of thioether (sulfide) groups is 1. The Kier molecular flexibility index (Phi) is 9.96. The Labute approximate surface area is 167 Å². The maximum Gasteiger partial charge on any atom is 0.215 e. The minimum Gasteiger partial charge on any atom is -0.375 e. The van der Waals surface area contributed by atoms with Crippen molar-refractivity contribution in [3.8, 4) is 0 Å². The normalized spacial score (nSPS) is 16.3. The maximum absolute atomic E-state index is 12.4. The summed E-state index contributed by atoms with van der Waals surface area (Å²) in [4.78, 5) is 4.43. The second-order valence-corrected chi connectivity index (χ2v) is 9.37. The molecule has 1 saturated heterocycles. The molecule has 0 unspecified atom stereocenters. The highest BCUT2D eigenvalue weighted by molar-refractivity contribution is 7.99. The Hall–Kier alpha value is -1.29. The number of ether oxygens (including phenoxy) is 1. The third kappa shape index (κ3) is 8.50. The zero-order valence-corrected chi connectivity index (χ0v) is 17.5. The van der Waals surface area contributed by atoms with Gasteiger partial charge in [-0.1, -0.05) is 30.3 Å². The molecule has 0 aromatic heterocycles. The zero-order valence-electron chi connectivity index (χ0n) is 15.9. The van der Waals surface area contributed by atoms with Crippen LogP contribution in [0.3, 0.4) is 0 Å². The van der Waals surface area contributed by atoms with Crippen molar-refractivity contribution in [3.63, 3.8) is 0 Å². The van der Waals surface area contributed by atoms with Crippen molar-refractivity contribution in [2.75, 3.05) is 56.6 Å². The number of aliphatic imine (C=N–C) groups is 1. The Bertz CT molecular complexity index is 662. The van der Waals surface area contributed by atoms with Gasteiger partial charge in [-0.15, -0.1) is 0 Å². The highest BCUT2D eigenvalue weighted by Gasteiger charge is 2.23. The van der Waals surface area contributed by atoms with Gasteiger partial charge in [-0.2, -0.15) is 11.8 Å². The number of rotatable bonds is 10. The predicted molar refractivity (Wildman–Crippen MR) is 113 cm³/mol. The van der Waals surface area contributed by atoms with Gasteiger partial charge in [0, 0.05) is 37.7 Å². The van der Waals surface area contributed by atoms with E-state index in [2.05, 4.69) is 15.6 Å². The number of nitrogens with one attached hydrogen (secondary N) is 2. The second-order valence-electron chi connectivity index (χ2n) is 6.05. The van der Waals surface area contributed by atoms with Crippen molar-refractivity contribution < 1.29 is 13.2 Å². The van der Waals surface area contributed by atoms with Crippen LogP contribution in [0.25, 0.3) is 0 Å². The summed E-state index contributed by atoms with van der Waals surface area (Å²) in [6, 6.07) is 10.0. The molecule has 0 aliphatic carbocycles. The van der Waals surface area contributed by atoms with Crippen molar-refractivity contribution in [2.24, 2.45) is 4.99 Å². The summed E-state index contributed by atoms with van der Waals surface area (Å²) in [5, 5.41) is 6.23. The van der Waals surface area contributed by atoms with Crippen LogP contribution in [0.15, 0.2) is 35.3 Å². The monoisotopic (exact) mass is 414 g/mol. The minimum absolute atomic E-state index is 0.0760. The van der Waals surface area contributed by atoms with E-state index < -0.39 is 10.0 Å². The van der Waals surface area contributed by atoms with E-state index in [4.69, 9.17) is 4.74 Å². The third-order valence-corrected chi connectivity index (χ3v) is 6.79. The lowest BCUT2D eigenvalue weighted by molar-refractivity contribution is 0.128. The lowest BCUT2D eigenvalue weighted by Gasteiger charge is -2.25. The zero-order chi connectivity index (χ0) is 19.4. The number of benzene rings is 1. The van der Waals surface area contributed by atoms with Crippen LogP contribution in [0.2, 0.25) is 0 Å². The van der Waals surface area contributed by atoms with E-state index in [1.54, 1.807) is 16.1 Å². The number of nitrogens with zero attached hydrogens (tertiary/aromatic N) is 2. The first-order valence-electron chi connectivity index (χ1n) is 9.31. The molecular formula is C18H30N4O3S2. The first-order chi connectivity index (χ1) is 13.1. The van der Waals surface area contributed by atoms with Crippen LogP contribution >= 0.6 is 11.8 Å². The Morgan fingerprint density at radius 2 is 1.96 bits per heavy atom. The summed E-state index contributed by atoms with van der Waals surface area (Å²) in [5.41, 5.74) is 1.13. The molecule has 1 fully saturated rings. The summed E-state index contributed by atoms with van der Waals surface area (Å²) in [7, 11) is -3.20. The van der Waals surface area contributed by atoms with Gasteiger partial charge in [0.1, 0.15) is 0 Å². The van der Waals surface area contributed by atoms with Gasteiger partial charge in [0.05, 0.1) is 25.5 Å². The molecule has 0 atom stereocenters. The standard InChI is InChI=1S/C18H30N4O3S2/c1-2-19-18(20-8-12-25-16-17-6-4-3-5-7-17)21-9-15-27(23,24)22-10-13-26-14-11-22/h3-7H,2,8-16H2,1H3,(H2,19,20,21). The first-order valence-corrected chi connectivity index (χ1v) is 12.1.